The molecule has 3 rings (SSSR count). The van der Waals surface area contributed by atoms with Gasteiger partial charge in [0.2, 0.25) is 5.91 Å². The summed E-state index contributed by atoms with van der Waals surface area (Å²) < 4.78 is 0. The quantitative estimate of drug-likeness (QED) is 0.773. The monoisotopic (exact) mass is 327 g/mol. The lowest BCUT2D eigenvalue weighted by atomic mass is 9.77. The van der Waals surface area contributed by atoms with Gasteiger partial charge in [-0.3, -0.25) is 4.79 Å². The van der Waals surface area contributed by atoms with Crippen LogP contribution in [0.5, 0.6) is 0 Å². The molecule has 1 N–H and O–H groups in total. The standard InChI is InChI=1S/C20H22ClNO/c21-18-7-4-8-19(14-18)22-20(23)13-15-9-11-17(12-10-15)16-5-2-1-3-6-16/h1-8,14-15,17H,9-13H2,(H,22,23). The summed E-state index contributed by atoms with van der Waals surface area (Å²) in [6.07, 6.45) is 5.22. The second kappa shape index (κ2) is 7.65. The zero-order valence-corrected chi connectivity index (χ0v) is 13.9. The van der Waals surface area contributed by atoms with Crippen LogP contribution in [-0.4, -0.2) is 5.91 Å². The first-order valence-corrected chi connectivity index (χ1v) is 8.69. The highest BCUT2D eigenvalue weighted by atomic mass is 35.5. The second-order valence-electron chi connectivity index (χ2n) is 6.39. The maximum Gasteiger partial charge on any atom is 0.224 e. The van der Waals surface area contributed by atoms with E-state index in [1.54, 1.807) is 6.07 Å². The Kier molecular flexibility index (Phi) is 5.35. The largest absolute Gasteiger partial charge is 0.326 e. The van der Waals surface area contributed by atoms with Gasteiger partial charge in [0.15, 0.2) is 0 Å². The van der Waals surface area contributed by atoms with Crippen LogP contribution in [0.2, 0.25) is 5.02 Å². The first-order chi connectivity index (χ1) is 11.2. The van der Waals surface area contributed by atoms with E-state index >= 15 is 0 Å². The molecular formula is C20H22ClNO. The molecule has 0 atom stereocenters. The average Bonchev–Trinajstić information content (AvgIpc) is 2.56. The van der Waals surface area contributed by atoms with E-state index in [4.69, 9.17) is 11.6 Å². The third kappa shape index (κ3) is 4.59. The van der Waals surface area contributed by atoms with Crippen LogP contribution < -0.4 is 5.32 Å². The number of carbonyl (C=O) groups is 1. The van der Waals surface area contributed by atoms with E-state index in [1.807, 2.05) is 18.2 Å². The number of amides is 1. The van der Waals surface area contributed by atoms with Crippen LogP contribution in [0.4, 0.5) is 5.69 Å². The molecule has 120 valence electrons. The molecule has 0 spiro atoms. The third-order valence-electron chi connectivity index (χ3n) is 4.70. The fourth-order valence-corrected chi connectivity index (χ4v) is 3.66. The minimum absolute atomic E-state index is 0.0930. The molecule has 0 bridgehead atoms. The van der Waals surface area contributed by atoms with Crippen LogP contribution in [0.25, 0.3) is 0 Å². The van der Waals surface area contributed by atoms with Gasteiger partial charge in [0.1, 0.15) is 0 Å². The van der Waals surface area contributed by atoms with E-state index in [1.165, 1.54) is 18.4 Å². The van der Waals surface area contributed by atoms with Gasteiger partial charge < -0.3 is 5.32 Å². The summed E-state index contributed by atoms with van der Waals surface area (Å²) in [6.45, 7) is 0. The van der Waals surface area contributed by atoms with Gasteiger partial charge in [-0.05, 0) is 61.3 Å². The lowest BCUT2D eigenvalue weighted by Gasteiger charge is -2.28. The van der Waals surface area contributed by atoms with Crippen molar-refractivity contribution in [2.45, 2.75) is 38.0 Å². The van der Waals surface area contributed by atoms with Crippen LogP contribution in [0, 0.1) is 5.92 Å². The van der Waals surface area contributed by atoms with Gasteiger partial charge in [0.05, 0.1) is 0 Å². The van der Waals surface area contributed by atoms with Crippen LogP contribution in [-0.2, 0) is 4.79 Å². The van der Waals surface area contributed by atoms with E-state index in [9.17, 15) is 4.79 Å². The minimum Gasteiger partial charge on any atom is -0.326 e. The Labute approximate surface area is 142 Å². The van der Waals surface area contributed by atoms with E-state index in [-0.39, 0.29) is 5.91 Å². The minimum atomic E-state index is 0.0930. The molecule has 1 fully saturated rings. The molecule has 1 aliphatic carbocycles. The number of nitrogens with one attached hydrogen (secondary N) is 1. The van der Waals surface area contributed by atoms with Crippen LogP contribution in [0.3, 0.4) is 0 Å². The summed E-state index contributed by atoms with van der Waals surface area (Å²) in [5.74, 6) is 1.24. The van der Waals surface area contributed by atoms with Crippen molar-refractivity contribution in [2.24, 2.45) is 5.92 Å². The molecule has 0 radical (unpaired) electrons. The van der Waals surface area contributed by atoms with Gasteiger partial charge in [0.25, 0.3) is 0 Å². The molecule has 1 saturated carbocycles. The molecule has 2 aromatic carbocycles. The smallest absolute Gasteiger partial charge is 0.224 e. The number of halogens is 1. The normalized spacial score (nSPS) is 20.9. The highest BCUT2D eigenvalue weighted by molar-refractivity contribution is 6.30. The lowest BCUT2D eigenvalue weighted by molar-refractivity contribution is -0.117. The van der Waals surface area contributed by atoms with Gasteiger partial charge in [-0.1, -0.05) is 48.0 Å². The Hall–Kier alpha value is -1.80. The summed E-state index contributed by atoms with van der Waals surface area (Å²) in [5, 5.41) is 3.59. The predicted octanol–water partition coefficient (Wildman–Crippen LogP) is 5.64. The third-order valence-corrected chi connectivity index (χ3v) is 4.94. The van der Waals surface area contributed by atoms with Crippen LogP contribution in [0.1, 0.15) is 43.6 Å². The number of hydrogen-bond donors (Lipinski definition) is 1. The fourth-order valence-electron chi connectivity index (χ4n) is 3.47. The lowest BCUT2D eigenvalue weighted by Crippen LogP contribution is -2.20. The summed E-state index contributed by atoms with van der Waals surface area (Å²) in [7, 11) is 0. The van der Waals surface area contributed by atoms with E-state index in [0.717, 1.165) is 18.5 Å². The van der Waals surface area contributed by atoms with Crippen molar-refractivity contribution in [3.63, 3.8) is 0 Å². The Morgan fingerprint density at radius 1 is 1.00 bits per heavy atom. The fraction of sp³-hybridized carbons (Fsp3) is 0.350. The topological polar surface area (TPSA) is 29.1 Å². The van der Waals surface area contributed by atoms with E-state index < -0.39 is 0 Å². The van der Waals surface area contributed by atoms with Crippen molar-refractivity contribution in [2.75, 3.05) is 5.32 Å². The molecular weight excluding hydrogens is 306 g/mol. The van der Waals surface area contributed by atoms with Gasteiger partial charge in [-0.25, -0.2) is 0 Å². The van der Waals surface area contributed by atoms with Crippen LogP contribution >= 0.6 is 11.6 Å². The van der Waals surface area contributed by atoms with Crippen molar-refractivity contribution in [1.29, 1.82) is 0 Å². The molecule has 0 saturated heterocycles. The Morgan fingerprint density at radius 3 is 2.43 bits per heavy atom. The first kappa shape index (κ1) is 16.1. The van der Waals surface area contributed by atoms with E-state index in [2.05, 4.69) is 35.6 Å². The summed E-state index contributed by atoms with van der Waals surface area (Å²) in [5.41, 5.74) is 2.22. The number of benzene rings is 2. The highest BCUT2D eigenvalue weighted by Gasteiger charge is 2.23. The van der Waals surface area contributed by atoms with Crippen LogP contribution in [0.15, 0.2) is 54.6 Å². The summed E-state index contributed by atoms with van der Waals surface area (Å²) >= 11 is 5.94. The number of anilines is 1. The molecule has 0 aromatic heterocycles. The van der Waals surface area contributed by atoms with Gasteiger partial charge >= 0.3 is 0 Å². The predicted molar refractivity (Wildman–Crippen MR) is 95.8 cm³/mol. The SMILES string of the molecule is O=C(CC1CCC(c2ccccc2)CC1)Nc1cccc(Cl)c1. The van der Waals surface area contributed by atoms with Crippen molar-refractivity contribution in [1.82, 2.24) is 0 Å². The average molecular weight is 328 g/mol. The highest BCUT2D eigenvalue weighted by Crippen LogP contribution is 2.37. The van der Waals surface area contributed by atoms with Gasteiger partial charge in [-0.2, -0.15) is 0 Å². The van der Waals surface area contributed by atoms with E-state index in [0.29, 0.717) is 23.3 Å². The first-order valence-electron chi connectivity index (χ1n) is 8.31. The molecule has 3 heteroatoms. The number of rotatable bonds is 4. The van der Waals surface area contributed by atoms with Crippen molar-refractivity contribution >= 4 is 23.2 Å². The zero-order valence-electron chi connectivity index (χ0n) is 13.2. The van der Waals surface area contributed by atoms with Gasteiger partial charge in [-0.15, -0.1) is 0 Å². The Bertz CT molecular complexity index is 648. The molecule has 23 heavy (non-hydrogen) atoms. The van der Waals surface area contributed by atoms with Crippen molar-refractivity contribution in [3.8, 4) is 0 Å². The molecule has 0 unspecified atom stereocenters. The van der Waals surface area contributed by atoms with Crippen molar-refractivity contribution in [3.05, 3.63) is 65.2 Å². The molecule has 0 aliphatic heterocycles. The number of hydrogen-bond acceptors (Lipinski definition) is 1. The number of carbonyl (C=O) groups excluding carboxylic acids is 1. The summed E-state index contributed by atoms with van der Waals surface area (Å²) in [4.78, 5) is 12.2. The molecule has 2 aromatic rings. The molecule has 0 heterocycles. The van der Waals surface area contributed by atoms with Crippen molar-refractivity contribution < 1.29 is 4.79 Å². The Balaban J connectivity index is 1.48. The maximum atomic E-state index is 12.2. The Morgan fingerprint density at radius 2 is 1.74 bits per heavy atom. The summed E-state index contributed by atoms with van der Waals surface area (Å²) in [6, 6.07) is 18.0. The molecule has 1 aliphatic rings. The molecule has 2 nitrogen and oxygen atoms in total. The van der Waals surface area contributed by atoms with Gasteiger partial charge in [0, 0.05) is 17.1 Å². The second-order valence-corrected chi connectivity index (χ2v) is 6.83. The maximum absolute atomic E-state index is 12.2. The zero-order chi connectivity index (χ0) is 16.1. The molecule has 1 amide bonds.